The van der Waals surface area contributed by atoms with Gasteiger partial charge in [-0.25, -0.2) is 4.79 Å². The van der Waals surface area contributed by atoms with Crippen LogP contribution >= 0.6 is 0 Å². The first kappa shape index (κ1) is 17.7. The molecule has 1 N–H and O–H groups in total. The highest BCUT2D eigenvalue weighted by Crippen LogP contribution is 2.25. The monoisotopic (exact) mass is 341 g/mol. The Labute approximate surface area is 143 Å². The number of carbonyl (C=O) groups is 1. The molecule has 0 heterocycles. The first-order valence-corrected chi connectivity index (χ1v) is 7.31. The second-order valence-corrected chi connectivity index (χ2v) is 4.86. The van der Waals surface area contributed by atoms with Crippen LogP contribution in [0.25, 0.3) is 0 Å². The maximum atomic E-state index is 12.0. The van der Waals surface area contributed by atoms with Crippen molar-refractivity contribution in [3.63, 3.8) is 0 Å². The third kappa shape index (κ3) is 4.68. The Morgan fingerprint density at radius 3 is 2.56 bits per heavy atom. The van der Waals surface area contributed by atoms with Crippen molar-refractivity contribution in [2.24, 2.45) is 0 Å². The molecule has 128 valence electrons. The van der Waals surface area contributed by atoms with E-state index in [9.17, 15) is 14.9 Å². The number of carbonyl (C=O) groups excluding carboxylic acids is 1. The van der Waals surface area contributed by atoms with Gasteiger partial charge in [0.15, 0.2) is 0 Å². The summed E-state index contributed by atoms with van der Waals surface area (Å²) in [6, 6.07) is 12.6. The van der Waals surface area contributed by atoms with Crippen LogP contribution in [0.4, 0.5) is 11.4 Å². The van der Waals surface area contributed by atoms with Crippen LogP contribution in [0, 0.1) is 21.4 Å². The summed E-state index contributed by atoms with van der Waals surface area (Å²) in [4.78, 5) is 22.4. The van der Waals surface area contributed by atoms with E-state index in [-0.39, 0.29) is 24.5 Å². The zero-order valence-electron chi connectivity index (χ0n) is 13.4. The number of hydrogen-bond donors (Lipinski definition) is 1. The lowest BCUT2D eigenvalue weighted by Crippen LogP contribution is -2.12. The van der Waals surface area contributed by atoms with Gasteiger partial charge in [0.05, 0.1) is 22.1 Å². The molecule has 0 amide bonds. The molecule has 0 radical (unpaired) electrons. The minimum atomic E-state index is -0.672. The Morgan fingerprint density at radius 2 is 1.96 bits per heavy atom. The summed E-state index contributed by atoms with van der Waals surface area (Å²) < 4.78 is 10.4. The number of rotatable bonds is 7. The van der Waals surface area contributed by atoms with Crippen LogP contribution in [0.5, 0.6) is 5.75 Å². The number of nitrogens with zero attached hydrogens (tertiary/aromatic N) is 2. The smallest absolute Gasteiger partial charge is 0.338 e. The first-order chi connectivity index (χ1) is 12.0. The molecule has 2 aromatic carbocycles. The number of nitro groups is 1. The highest BCUT2D eigenvalue weighted by molar-refractivity contribution is 5.91. The van der Waals surface area contributed by atoms with E-state index in [1.165, 1.54) is 12.1 Å². The molecule has 0 fully saturated rings. The second kappa shape index (κ2) is 8.31. The Balaban J connectivity index is 1.88. The quantitative estimate of drug-likeness (QED) is 0.356. The van der Waals surface area contributed by atoms with Crippen molar-refractivity contribution in [3.05, 3.63) is 63.7 Å². The maximum absolute atomic E-state index is 12.0. The highest BCUT2D eigenvalue weighted by Gasteiger charge is 2.17. The van der Waals surface area contributed by atoms with Crippen molar-refractivity contribution in [2.45, 2.75) is 0 Å². The van der Waals surface area contributed by atoms with E-state index in [1.807, 2.05) is 6.07 Å². The zero-order chi connectivity index (χ0) is 18.2. The summed E-state index contributed by atoms with van der Waals surface area (Å²) in [7, 11) is 1.56. The van der Waals surface area contributed by atoms with Crippen LogP contribution in [0.15, 0.2) is 42.5 Å². The lowest BCUT2D eigenvalue weighted by Gasteiger charge is -2.08. The van der Waals surface area contributed by atoms with E-state index in [4.69, 9.17) is 14.7 Å². The number of esters is 1. The third-order valence-corrected chi connectivity index (χ3v) is 3.27. The van der Waals surface area contributed by atoms with E-state index >= 15 is 0 Å². The largest absolute Gasteiger partial charge is 0.490 e. The lowest BCUT2D eigenvalue weighted by atomic mass is 10.1. The van der Waals surface area contributed by atoms with E-state index in [2.05, 4.69) is 5.32 Å². The average molecular weight is 341 g/mol. The van der Waals surface area contributed by atoms with Gasteiger partial charge in [0.2, 0.25) is 0 Å². The number of nitrogens with one attached hydrogen (secondary N) is 1. The molecule has 0 bridgehead atoms. The number of hydrogen-bond acceptors (Lipinski definition) is 7. The van der Waals surface area contributed by atoms with Gasteiger partial charge < -0.3 is 14.8 Å². The summed E-state index contributed by atoms with van der Waals surface area (Å²) in [5.74, 6) is -0.127. The van der Waals surface area contributed by atoms with Crippen LogP contribution in [0.3, 0.4) is 0 Å². The van der Waals surface area contributed by atoms with Crippen molar-refractivity contribution >= 4 is 17.3 Å². The SMILES string of the molecule is CNc1ccc(C(=O)OCCOc2ccc(C#N)cc2)cc1[N+](=O)[O-]. The Kier molecular flexibility index (Phi) is 5.90. The number of benzene rings is 2. The maximum Gasteiger partial charge on any atom is 0.338 e. The van der Waals surface area contributed by atoms with Crippen molar-refractivity contribution in [1.82, 2.24) is 0 Å². The van der Waals surface area contributed by atoms with Crippen LogP contribution in [-0.2, 0) is 4.74 Å². The fraction of sp³-hybridized carbons (Fsp3) is 0.176. The fourth-order valence-corrected chi connectivity index (χ4v) is 2.02. The Hall–Kier alpha value is -3.60. The first-order valence-electron chi connectivity index (χ1n) is 7.31. The highest BCUT2D eigenvalue weighted by atomic mass is 16.6. The van der Waals surface area contributed by atoms with Crippen LogP contribution in [-0.4, -0.2) is 31.2 Å². The summed E-state index contributed by atoms with van der Waals surface area (Å²) in [6.07, 6.45) is 0. The van der Waals surface area contributed by atoms with Crippen molar-refractivity contribution in [1.29, 1.82) is 5.26 Å². The molecule has 2 aromatic rings. The summed E-state index contributed by atoms with van der Waals surface area (Å²) >= 11 is 0. The number of nitro benzene ring substituents is 1. The normalized spacial score (nSPS) is 9.76. The molecule has 0 spiro atoms. The van der Waals surface area contributed by atoms with Gasteiger partial charge in [-0.15, -0.1) is 0 Å². The molecule has 0 aliphatic rings. The summed E-state index contributed by atoms with van der Waals surface area (Å²) in [5, 5.41) is 22.4. The number of nitriles is 1. The van der Waals surface area contributed by atoms with Crippen LogP contribution < -0.4 is 10.1 Å². The lowest BCUT2D eigenvalue weighted by molar-refractivity contribution is -0.384. The molecule has 8 heteroatoms. The minimum absolute atomic E-state index is 0.0135. The van der Waals surface area contributed by atoms with Crippen molar-refractivity contribution in [2.75, 3.05) is 25.6 Å². The average Bonchev–Trinajstić information content (AvgIpc) is 2.64. The van der Waals surface area contributed by atoms with Crippen LogP contribution in [0.1, 0.15) is 15.9 Å². The van der Waals surface area contributed by atoms with Gasteiger partial charge in [0.25, 0.3) is 5.69 Å². The molecule has 0 aliphatic heterocycles. The number of anilines is 1. The van der Waals surface area contributed by atoms with E-state index in [1.54, 1.807) is 31.3 Å². The minimum Gasteiger partial charge on any atom is -0.490 e. The fourth-order valence-electron chi connectivity index (χ4n) is 2.02. The third-order valence-electron chi connectivity index (χ3n) is 3.27. The standard InChI is InChI=1S/C17H15N3O5/c1-19-15-7-4-13(10-16(15)20(22)23)17(21)25-9-8-24-14-5-2-12(11-18)3-6-14/h2-7,10,19H,8-9H2,1H3. The summed E-state index contributed by atoms with van der Waals surface area (Å²) in [6.45, 7) is 0.106. The molecule has 0 aliphatic carbocycles. The van der Waals surface area contributed by atoms with Gasteiger partial charge in [-0.3, -0.25) is 10.1 Å². The van der Waals surface area contributed by atoms with Gasteiger partial charge in [-0.05, 0) is 36.4 Å². The molecule has 2 rings (SSSR count). The molecule has 8 nitrogen and oxygen atoms in total. The number of ether oxygens (including phenoxy) is 2. The van der Waals surface area contributed by atoms with Crippen LogP contribution in [0.2, 0.25) is 0 Å². The molecular formula is C17H15N3O5. The van der Waals surface area contributed by atoms with E-state index in [0.29, 0.717) is 17.0 Å². The van der Waals surface area contributed by atoms with Gasteiger partial charge in [-0.2, -0.15) is 5.26 Å². The van der Waals surface area contributed by atoms with Gasteiger partial charge >= 0.3 is 5.97 Å². The molecule has 0 saturated carbocycles. The van der Waals surface area contributed by atoms with E-state index in [0.717, 1.165) is 6.07 Å². The zero-order valence-corrected chi connectivity index (χ0v) is 13.4. The topological polar surface area (TPSA) is 114 Å². The molecule has 0 unspecified atom stereocenters. The van der Waals surface area contributed by atoms with E-state index < -0.39 is 10.9 Å². The van der Waals surface area contributed by atoms with Crippen molar-refractivity contribution < 1.29 is 19.2 Å². The van der Waals surface area contributed by atoms with Gasteiger partial charge in [0, 0.05) is 13.1 Å². The summed E-state index contributed by atoms with van der Waals surface area (Å²) in [5.41, 5.74) is 0.714. The predicted octanol–water partition coefficient (Wildman–Crippen LogP) is 2.74. The molecule has 25 heavy (non-hydrogen) atoms. The molecular weight excluding hydrogens is 326 g/mol. The van der Waals surface area contributed by atoms with Crippen molar-refractivity contribution in [3.8, 4) is 11.8 Å². The molecule has 0 atom stereocenters. The molecule has 0 saturated heterocycles. The Bertz CT molecular complexity index is 812. The van der Waals surface area contributed by atoms with Gasteiger partial charge in [0.1, 0.15) is 24.7 Å². The molecule has 0 aromatic heterocycles. The Morgan fingerprint density at radius 1 is 1.24 bits per heavy atom. The predicted molar refractivity (Wildman–Crippen MR) is 89.6 cm³/mol. The van der Waals surface area contributed by atoms with Gasteiger partial charge in [-0.1, -0.05) is 0 Å². The second-order valence-electron chi connectivity index (χ2n) is 4.86.